The number of aromatic amines is 1. The summed E-state index contributed by atoms with van der Waals surface area (Å²) >= 11 is 0. The number of nitrogens with one attached hydrogen (secondary N) is 2. The van der Waals surface area contributed by atoms with Gasteiger partial charge in [0.1, 0.15) is 29.3 Å². The lowest BCUT2D eigenvalue weighted by atomic mass is 9.88. The first kappa shape index (κ1) is 27.9. The van der Waals surface area contributed by atoms with Crippen LogP contribution in [0.4, 0.5) is 14.5 Å². The summed E-state index contributed by atoms with van der Waals surface area (Å²) in [5.74, 6) is -1.85. The Hall–Kier alpha value is -4.69. The fourth-order valence-electron chi connectivity index (χ4n) is 4.40. The highest BCUT2D eigenvalue weighted by molar-refractivity contribution is 5.98. The molecular formula is C30H29F2N5O4. The Morgan fingerprint density at radius 2 is 1.95 bits per heavy atom. The molecule has 41 heavy (non-hydrogen) atoms. The van der Waals surface area contributed by atoms with Crippen LogP contribution in [0, 0.1) is 28.4 Å². The standard InChI is InChI=1S/C30H29F2N5O4/c1-16(2)39-23-6-5-17(9-18(23)12-33)20-13-35-28-26(20)24(7-8-34-28)40-27-21(31)10-19(11-22(27)32)37-29-36-14-25(41-29)30(3,4)15-38/h5-11,13,16,25,38H,14-15H2,1-4H3,(H,34,35)(H,36,37)/t25-/m0/s1. The third-order valence-electron chi connectivity index (χ3n) is 6.70. The minimum Gasteiger partial charge on any atom is -0.490 e. The summed E-state index contributed by atoms with van der Waals surface area (Å²) in [4.78, 5) is 11.6. The van der Waals surface area contributed by atoms with E-state index in [-0.39, 0.29) is 36.3 Å². The van der Waals surface area contributed by atoms with Gasteiger partial charge in [-0.15, -0.1) is 0 Å². The van der Waals surface area contributed by atoms with E-state index in [0.717, 1.165) is 12.1 Å². The summed E-state index contributed by atoms with van der Waals surface area (Å²) in [7, 11) is 0. The Balaban J connectivity index is 1.42. The van der Waals surface area contributed by atoms with Gasteiger partial charge < -0.3 is 29.6 Å². The van der Waals surface area contributed by atoms with Crippen LogP contribution in [-0.2, 0) is 4.74 Å². The van der Waals surface area contributed by atoms with Crippen LogP contribution in [0.3, 0.4) is 0 Å². The molecule has 1 aliphatic rings. The van der Waals surface area contributed by atoms with E-state index >= 15 is 8.78 Å². The largest absolute Gasteiger partial charge is 0.490 e. The monoisotopic (exact) mass is 561 g/mol. The number of aromatic nitrogens is 2. The van der Waals surface area contributed by atoms with Crippen LogP contribution in [0.1, 0.15) is 33.3 Å². The van der Waals surface area contributed by atoms with Crippen LogP contribution in [0.5, 0.6) is 17.2 Å². The number of aliphatic hydroxyl groups is 1. The molecule has 0 bridgehead atoms. The van der Waals surface area contributed by atoms with Gasteiger partial charge in [0.05, 0.1) is 30.2 Å². The van der Waals surface area contributed by atoms with Gasteiger partial charge in [-0.2, -0.15) is 5.26 Å². The molecule has 0 aliphatic carbocycles. The van der Waals surface area contributed by atoms with Crippen molar-refractivity contribution in [2.45, 2.75) is 39.9 Å². The Morgan fingerprint density at radius 3 is 2.63 bits per heavy atom. The predicted molar refractivity (Wildman–Crippen MR) is 150 cm³/mol. The smallest absolute Gasteiger partial charge is 0.289 e. The SMILES string of the molecule is CC(C)Oc1ccc(-c2c[nH]c3nccc(Oc4c(F)cc(NC5=NC[C@@H](C(C)(C)CO)O5)cc4F)c23)cc1C#N. The quantitative estimate of drug-likeness (QED) is 0.236. The normalized spacial score (nSPS) is 15.0. The zero-order valence-electron chi connectivity index (χ0n) is 23.0. The Bertz CT molecular complexity index is 1650. The Morgan fingerprint density at radius 1 is 1.20 bits per heavy atom. The van der Waals surface area contributed by atoms with Gasteiger partial charge in [-0.1, -0.05) is 19.9 Å². The van der Waals surface area contributed by atoms with Crippen molar-refractivity contribution in [3.8, 4) is 34.4 Å². The van der Waals surface area contributed by atoms with E-state index < -0.39 is 22.8 Å². The first-order valence-electron chi connectivity index (χ1n) is 13.0. The second-order valence-electron chi connectivity index (χ2n) is 10.6. The van der Waals surface area contributed by atoms with Crippen molar-refractivity contribution in [2.75, 3.05) is 18.5 Å². The van der Waals surface area contributed by atoms with Crippen LogP contribution < -0.4 is 14.8 Å². The van der Waals surface area contributed by atoms with E-state index in [4.69, 9.17) is 14.2 Å². The highest BCUT2D eigenvalue weighted by Gasteiger charge is 2.35. The number of hydrogen-bond donors (Lipinski definition) is 3. The van der Waals surface area contributed by atoms with E-state index in [1.54, 1.807) is 24.4 Å². The second kappa shape index (κ2) is 11.1. The molecule has 1 aliphatic heterocycles. The van der Waals surface area contributed by atoms with Gasteiger partial charge in [-0.05, 0) is 37.6 Å². The molecule has 0 saturated heterocycles. The van der Waals surface area contributed by atoms with Crippen LogP contribution >= 0.6 is 0 Å². The number of anilines is 1. The number of rotatable bonds is 8. The molecule has 3 N–H and O–H groups in total. The number of nitrogens with zero attached hydrogens (tertiary/aromatic N) is 3. The first-order valence-corrected chi connectivity index (χ1v) is 13.0. The van der Waals surface area contributed by atoms with Gasteiger partial charge >= 0.3 is 0 Å². The molecule has 1 atom stereocenters. The van der Waals surface area contributed by atoms with Crippen molar-refractivity contribution in [3.63, 3.8) is 0 Å². The maximum atomic E-state index is 15.2. The van der Waals surface area contributed by atoms with Gasteiger partial charge in [0.2, 0.25) is 0 Å². The first-order chi connectivity index (χ1) is 19.6. The number of aliphatic imine (C=N–C) groups is 1. The number of amidine groups is 1. The molecule has 5 rings (SSSR count). The highest BCUT2D eigenvalue weighted by atomic mass is 19.1. The van der Waals surface area contributed by atoms with Gasteiger partial charge in [0.25, 0.3) is 6.02 Å². The van der Waals surface area contributed by atoms with Crippen molar-refractivity contribution < 1.29 is 28.1 Å². The van der Waals surface area contributed by atoms with E-state index in [1.807, 2.05) is 27.7 Å². The van der Waals surface area contributed by atoms with Crippen LogP contribution in [-0.4, -0.2) is 46.5 Å². The van der Waals surface area contributed by atoms with Crippen LogP contribution in [0.25, 0.3) is 22.2 Å². The molecule has 0 unspecified atom stereocenters. The minimum absolute atomic E-state index is 0.0866. The molecule has 0 radical (unpaired) electrons. The van der Waals surface area contributed by atoms with Crippen molar-refractivity contribution in [3.05, 3.63) is 66.0 Å². The van der Waals surface area contributed by atoms with E-state index in [9.17, 15) is 10.4 Å². The fourth-order valence-corrected chi connectivity index (χ4v) is 4.40. The molecule has 212 valence electrons. The number of benzene rings is 2. The third-order valence-corrected chi connectivity index (χ3v) is 6.70. The highest BCUT2D eigenvalue weighted by Crippen LogP contribution is 2.39. The number of pyridine rings is 1. The lowest BCUT2D eigenvalue weighted by Crippen LogP contribution is -2.36. The molecule has 0 amide bonds. The minimum atomic E-state index is -0.942. The number of hydrogen-bond acceptors (Lipinski definition) is 8. The number of aliphatic hydroxyl groups excluding tert-OH is 1. The molecule has 2 aromatic heterocycles. The van der Waals surface area contributed by atoms with Crippen molar-refractivity contribution in [2.24, 2.45) is 10.4 Å². The molecule has 4 aromatic rings. The second-order valence-corrected chi connectivity index (χ2v) is 10.6. The number of nitriles is 1. The number of fused-ring (bicyclic) bond motifs is 1. The van der Waals surface area contributed by atoms with Gasteiger partial charge in [0.15, 0.2) is 17.4 Å². The number of H-pyrrole nitrogens is 1. The molecule has 0 spiro atoms. The van der Waals surface area contributed by atoms with Crippen molar-refractivity contribution in [1.29, 1.82) is 5.26 Å². The summed E-state index contributed by atoms with van der Waals surface area (Å²) in [6.07, 6.45) is 2.67. The molecule has 2 aromatic carbocycles. The van der Waals surface area contributed by atoms with Gasteiger partial charge in [0, 0.05) is 41.2 Å². The summed E-state index contributed by atoms with van der Waals surface area (Å²) in [5.41, 5.74) is 1.64. The van der Waals surface area contributed by atoms with Crippen LogP contribution in [0.15, 0.2) is 53.8 Å². The summed E-state index contributed by atoms with van der Waals surface area (Å²) < 4.78 is 47.6. The molecule has 9 nitrogen and oxygen atoms in total. The Labute approximate surface area is 235 Å². The average Bonchev–Trinajstić information content (AvgIpc) is 3.59. The fraction of sp³-hybridized carbons (Fsp3) is 0.300. The summed E-state index contributed by atoms with van der Waals surface area (Å²) in [5, 5.41) is 22.5. The van der Waals surface area contributed by atoms with Gasteiger partial charge in [-0.3, -0.25) is 0 Å². The topological polar surface area (TPSA) is 125 Å². The molecule has 0 saturated carbocycles. The van der Waals surface area contributed by atoms with E-state index in [1.165, 1.54) is 12.3 Å². The van der Waals surface area contributed by atoms with E-state index in [0.29, 0.717) is 40.0 Å². The lowest BCUT2D eigenvalue weighted by molar-refractivity contribution is 0.0353. The predicted octanol–water partition coefficient (Wildman–Crippen LogP) is 6.14. The molecule has 3 heterocycles. The average molecular weight is 562 g/mol. The van der Waals surface area contributed by atoms with Gasteiger partial charge in [-0.25, -0.2) is 18.8 Å². The number of ether oxygens (including phenoxy) is 3. The summed E-state index contributed by atoms with van der Waals surface area (Å²) in [6.45, 7) is 7.63. The molecule has 0 fully saturated rings. The zero-order valence-corrected chi connectivity index (χ0v) is 23.0. The Kier molecular flexibility index (Phi) is 7.51. The number of halogens is 2. The van der Waals surface area contributed by atoms with Crippen molar-refractivity contribution >= 4 is 22.7 Å². The van der Waals surface area contributed by atoms with Crippen molar-refractivity contribution in [1.82, 2.24) is 9.97 Å². The maximum absolute atomic E-state index is 15.2. The molecular weight excluding hydrogens is 532 g/mol. The zero-order chi connectivity index (χ0) is 29.3. The summed E-state index contributed by atoms with van der Waals surface area (Å²) in [6, 6.07) is 11.1. The maximum Gasteiger partial charge on any atom is 0.289 e. The lowest BCUT2D eigenvalue weighted by Gasteiger charge is -2.28. The van der Waals surface area contributed by atoms with E-state index in [2.05, 4.69) is 26.3 Å². The third kappa shape index (κ3) is 5.64. The van der Waals surface area contributed by atoms with Crippen LogP contribution in [0.2, 0.25) is 0 Å². The molecule has 11 heteroatoms.